The molecule has 2 aromatic rings. The van der Waals surface area contributed by atoms with Crippen molar-refractivity contribution in [2.45, 2.75) is 50.7 Å². The molecule has 1 saturated carbocycles. The standard InChI is InChI=1S/C22H28ClF3N4O2/c23-16-3-6-18-19(13-16)32-28-21(18)30-11-9-29(10-12-30)8-7-15-1-4-17(5-2-15)27-20(31)14-22(24,25)26/h3,6,13,15,17H,1-2,4-5,7-12,14H2,(H,27,31). The molecule has 0 radical (unpaired) electrons. The van der Waals surface area contributed by atoms with Crippen molar-refractivity contribution in [2.75, 3.05) is 37.6 Å². The van der Waals surface area contributed by atoms with Gasteiger partial charge < -0.3 is 14.7 Å². The fraction of sp³-hybridized carbons (Fsp3) is 0.636. The van der Waals surface area contributed by atoms with Gasteiger partial charge in [0.15, 0.2) is 11.4 Å². The summed E-state index contributed by atoms with van der Waals surface area (Å²) in [6, 6.07) is 5.44. The van der Waals surface area contributed by atoms with Crippen LogP contribution in [0.1, 0.15) is 38.5 Å². The van der Waals surface area contributed by atoms with E-state index in [-0.39, 0.29) is 6.04 Å². The molecule has 0 bridgehead atoms. The molecule has 32 heavy (non-hydrogen) atoms. The third-order valence-corrected chi connectivity index (χ3v) is 6.75. The van der Waals surface area contributed by atoms with Gasteiger partial charge in [-0.2, -0.15) is 13.2 Å². The van der Waals surface area contributed by atoms with E-state index in [1.807, 2.05) is 12.1 Å². The van der Waals surface area contributed by atoms with E-state index in [2.05, 4.69) is 20.3 Å². The lowest BCUT2D eigenvalue weighted by Crippen LogP contribution is -2.47. The number of nitrogens with one attached hydrogen (secondary N) is 1. The zero-order chi connectivity index (χ0) is 22.7. The molecule has 2 fully saturated rings. The van der Waals surface area contributed by atoms with Gasteiger partial charge in [-0.3, -0.25) is 9.69 Å². The molecule has 176 valence electrons. The smallest absolute Gasteiger partial charge is 0.354 e. The van der Waals surface area contributed by atoms with Gasteiger partial charge in [0, 0.05) is 43.3 Å². The summed E-state index contributed by atoms with van der Waals surface area (Å²) in [4.78, 5) is 16.2. The minimum atomic E-state index is -4.44. The lowest BCUT2D eigenvalue weighted by atomic mass is 9.84. The van der Waals surface area contributed by atoms with E-state index in [0.29, 0.717) is 16.5 Å². The van der Waals surface area contributed by atoms with Crippen LogP contribution >= 0.6 is 11.6 Å². The maximum absolute atomic E-state index is 12.3. The number of carbonyl (C=O) groups excluding carboxylic acids is 1. The van der Waals surface area contributed by atoms with E-state index in [9.17, 15) is 18.0 Å². The summed E-state index contributed by atoms with van der Waals surface area (Å²) >= 11 is 6.02. The Bertz CT molecular complexity index is 920. The molecule has 1 aliphatic carbocycles. The number of carbonyl (C=O) groups is 1. The monoisotopic (exact) mass is 472 g/mol. The number of benzene rings is 1. The molecule has 1 aliphatic heterocycles. The van der Waals surface area contributed by atoms with Gasteiger partial charge in [0.2, 0.25) is 5.91 Å². The first-order valence-corrected chi connectivity index (χ1v) is 11.5. The molecule has 1 N–H and O–H groups in total. The maximum atomic E-state index is 12.3. The van der Waals surface area contributed by atoms with Gasteiger partial charge in [-0.25, -0.2) is 0 Å². The van der Waals surface area contributed by atoms with Crippen molar-refractivity contribution in [3.05, 3.63) is 23.2 Å². The number of halogens is 4. The van der Waals surface area contributed by atoms with Crippen LogP contribution in [0.2, 0.25) is 5.02 Å². The van der Waals surface area contributed by atoms with Gasteiger partial charge in [0.1, 0.15) is 6.42 Å². The van der Waals surface area contributed by atoms with Gasteiger partial charge in [-0.05, 0) is 56.7 Å². The number of nitrogens with zero attached hydrogens (tertiary/aromatic N) is 3. The van der Waals surface area contributed by atoms with Gasteiger partial charge in [0.25, 0.3) is 0 Å². The van der Waals surface area contributed by atoms with Crippen molar-refractivity contribution in [1.29, 1.82) is 0 Å². The number of alkyl halides is 3. The molecule has 1 aromatic heterocycles. The number of hydrogen-bond donors (Lipinski definition) is 1. The van der Waals surface area contributed by atoms with Crippen LogP contribution in [0.3, 0.4) is 0 Å². The number of rotatable bonds is 6. The third-order valence-electron chi connectivity index (χ3n) is 6.51. The Kier molecular flexibility index (Phi) is 7.14. The second kappa shape index (κ2) is 9.87. The van der Waals surface area contributed by atoms with Gasteiger partial charge >= 0.3 is 6.18 Å². The first-order valence-electron chi connectivity index (χ1n) is 11.2. The average Bonchev–Trinajstić information content (AvgIpc) is 3.15. The SMILES string of the molecule is O=C(CC(F)(F)F)NC1CCC(CCN2CCN(c3noc4cc(Cl)ccc34)CC2)CC1. The van der Waals surface area contributed by atoms with Gasteiger partial charge in [-0.15, -0.1) is 0 Å². The fourth-order valence-corrected chi connectivity index (χ4v) is 4.89. The lowest BCUT2D eigenvalue weighted by molar-refractivity contribution is -0.154. The number of anilines is 1. The highest BCUT2D eigenvalue weighted by molar-refractivity contribution is 6.31. The first kappa shape index (κ1) is 23.2. The summed E-state index contributed by atoms with van der Waals surface area (Å²) in [7, 11) is 0. The Morgan fingerprint density at radius 1 is 1.16 bits per heavy atom. The minimum Gasteiger partial charge on any atom is -0.354 e. The molecule has 10 heteroatoms. The second-order valence-corrected chi connectivity index (χ2v) is 9.28. The molecule has 0 spiro atoms. The molecule has 1 saturated heterocycles. The quantitative estimate of drug-likeness (QED) is 0.664. The molecule has 6 nitrogen and oxygen atoms in total. The van der Waals surface area contributed by atoms with E-state index < -0.39 is 18.5 Å². The molecular formula is C22H28ClF3N4O2. The summed E-state index contributed by atoms with van der Waals surface area (Å²) < 4.78 is 42.3. The zero-order valence-electron chi connectivity index (χ0n) is 17.8. The highest BCUT2D eigenvalue weighted by Gasteiger charge is 2.32. The Morgan fingerprint density at radius 2 is 1.88 bits per heavy atom. The van der Waals surface area contributed by atoms with Crippen LogP contribution in [0.25, 0.3) is 11.0 Å². The van der Waals surface area contributed by atoms with E-state index >= 15 is 0 Å². The molecule has 2 heterocycles. The van der Waals surface area contributed by atoms with Crippen LogP contribution < -0.4 is 10.2 Å². The number of hydrogen-bond acceptors (Lipinski definition) is 5. The van der Waals surface area contributed by atoms with Crippen molar-refractivity contribution in [3.8, 4) is 0 Å². The van der Waals surface area contributed by atoms with Gasteiger partial charge in [-0.1, -0.05) is 16.8 Å². The highest BCUT2D eigenvalue weighted by atomic mass is 35.5. The minimum absolute atomic E-state index is 0.128. The van der Waals surface area contributed by atoms with Crippen molar-refractivity contribution in [2.24, 2.45) is 5.92 Å². The van der Waals surface area contributed by atoms with Crippen LogP contribution in [0, 0.1) is 5.92 Å². The summed E-state index contributed by atoms with van der Waals surface area (Å²) in [5.41, 5.74) is 0.695. The average molecular weight is 473 g/mol. The predicted molar refractivity (Wildman–Crippen MR) is 117 cm³/mol. The van der Waals surface area contributed by atoms with Gasteiger partial charge in [0.05, 0.1) is 5.39 Å². The second-order valence-electron chi connectivity index (χ2n) is 8.84. The van der Waals surface area contributed by atoms with Crippen molar-refractivity contribution in [1.82, 2.24) is 15.4 Å². The van der Waals surface area contributed by atoms with E-state index in [0.717, 1.165) is 76.0 Å². The number of fused-ring (bicyclic) bond motifs is 1. The van der Waals surface area contributed by atoms with E-state index in [4.69, 9.17) is 16.1 Å². The Hall–Kier alpha value is -2.00. The topological polar surface area (TPSA) is 61.6 Å². The largest absolute Gasteiger partial charge is 0.397 e. The van der Waals surface area contributed by atoms with E-state index in [1.165, 1.54) is 0 Å². The molecule has 0 unspecified atom stereocenters. The molecule has 1 aromatic carbocycles. The Morgan fingerprint density at radius 3 is 2.56 bits per heavy atom. The number of aromatic nitrogens is 1. The Balaban J connectivity index is 1.16. The fourth-order valence-electron chi connectivity index (χ4n) is 4.73. The summed E-state index contributed by atoms with van der Waals surface area (Å²) in [6.45, 7) is 4.67. The number of piperazine rings is 1. The molecule has 2 aliphatic rings. The molecule has 0 atom stereocenters. The third kappa shape index (κ3) is 6.07. The van der Waals surface area contributed by atoms with Crippen molar-refractivity contribution in [3.63, 3.8) is 0 Å². The van der Waals surface area contributed by atoms with E-state index in [1.54, 1.807) is 6.07 Å². The predicted octanol–water partition coefficient (Wildman–Crippen LogP) is 4.62. The zero-order valence-corrected chi connectivity index (χ0v) is 18.6. The summed E-state index contributed by atoms with van der Waals surface area (Å²) in [6.07, 6.45) is -1.35. The van der Waals surface area contributed by atoms with Crippen LogP contribution in [0.15, 0.2) is 22.7 Å². The maximum Gasteiger partial charge on any atom is 0.397 e. The van der Waals surface area contributed by atoms with Crippen LogP contribution in [0.5, 0.6) is 0 Å². The van der Waals surface area contributed by atoms with Crippen LogP contribution in [0.4, 0.5) is 19.0 Å². The summed E-state index contributed by atoms with van der Waals surface area (Å²) in [5, 5.41) is 8.37. The molecule has 4 rings (SSSR count). The highest BCUT2D eigenvalue weighted by Crippen LogP contribution is 2.30. The molecule has 1 amide bonds. The first-order chi connectivity index (χ1) is 15.3. The van der Waals surface area contributed by atoms with Crippen molar-refractivity contribution < 1.29 is 22.5 Å². The normalized spacial score (nSPS) is 22.9. The Labute approximate surface area is 190 Å². The lowest BCUT2D eigenvalue weighted by Gasteiger charge is -2.36. The van der Waals surface area contributed by atoms with Crippen LogP contribution in [-0.4, -0.2) is 60.9 Å². The summed E-state index contributed by atoms with van der Waals surface area (Å²) in [5.74, 6) is 0.511. The molecular weight excluding hydrogens is 445 g/mol. The number of amides is 1. The van der Waals surface area contributed by atoms with Crippen LogP contribution in [-0.2, 0) is 4.79 Å². The van der Waals surface area contributed by atoms with Crippen molar-refractivity contribution >= 4 is 34.3 Å².